The third-order valence-electron chi connectivity index (χ3n) is 3.91. The van der Waals surface area contributed by atoms with E-state index in [0.717, 1.165) is 6.07 Å². The maximum atomic E-state index is 13.9. The van der Waals surface area contributed by atoms with E-state index in [9.17, 15) is 29.2 Å². The Morgan fingerprint density at radius 3 is 2.48 bits per heavy atom. The molecule has 9 nitrogen and oxygen atoms in total. The first kappa shape index (κ1) is 21.8. The molecule has 0 saturated heterocycles. The molecule has 2 aromatic rings. The summed E-state index contributed by atoms with van der Waals surface area (Å²) >= 11 is 0. The molecule has 0 aliphatic carbocycles. The lowest BCUT2D eigenvalue weighted by Crippen LogP contribution is -2.45. The van der Waals surface area contributed by atoms with Crippen LogP contribution in [0.15, 0.2) is 36.4 Å². The number of carbonyl (C=O) groups is 2. The van der Waals surface area contributed by atoms with E-state index in [1.807, 2.05) is 0 Å². The number of ether oxygens (including phenoxy) is 1. The zero-order valence-electron chi connectivity index (χ0n) is 16.0. The Kier molecular flexibility index (Phi) is 6.49. The number of hydrogen-bond acceptors (Lipinski definition) is 6. The molecule has 0 heterocycles. The lowest BCUT2D eigenvalue weighted by Gasteiger charge is -2.23. The Hall–Kier alpha value is -3.53. The highest BCUT2D eigenvalue weighted by Crippen LogP contribution is 2.24. The minimum absolute atomic E-state index is 0.0251. The van der Waals surface area contributed by atoms with Crippen LogP contribution in [-0.4, -0.2) is 34.1 Å². The van der Waals surface area contributed by atoms with Crippen LogP contribution in [0.2, 0.25) is 0 Å². The Bertz CT molecular complexity index is 961. The number of carbonyl (C=O) groups excluding carboxylic acids is 2. The number of aryl methyl sites for hydroxylation is 1. The number of benzene rings is 2. The van der Waals surface area contributed by atoms with Crippen molar-refractivity contribution in [2.75, 3.05) is 17.2 Å². The quantitative estimate of drug-likeness (QED) is 0.480. The lowest BCUT2D eigenvalue weighted by molar-refractivity contribution is -0.385. The van der Waals surface area contributed by atoms with Gasteiger partial charge >= 0.3 is 0 Å². The molecule has 3 N–H and O–H groups in total. The van der Waals surface area contributed by atoms with Gasteiger partial charge in [-0.15, -0.1) is 0 Å². The molecule has 2 amide bonds. The van der Waals surface area contributed by atoms with E-state index in [-0.39, 0.29) is 22.8 Å². The van der Waals surface area contributed by atoms with Crippen LogP contribution in [0.3, 0.4) is 0 Å². The smallest absolute Gasteiger partial charge is 0.272 e. The normalized spacial score (nSPS) is 12.6. The maximum absolute atomic E-state index is 13.9. The van der Waals surface area contributed by atoms with E-state index < -0.39 is 34.8 Å². The highest BCUT2D eigenvalue weighted by Gasteiger charge is 2.32. The number of halogens is 1. The van der Waals surface area contributed by atoms with Gasteiger partial charge in [-0.3, -0.25) is 19.7 Å². The molecule has 0 radical (unpaired) electrons. The van der Waals surface area contributed by atoms with Crippen LogP contribution in [-0.2, 0) is 9.59 Å². The van der Waals surface area contributed by atoms with Crippen molar-refractivity contribution in [1.82, 2.24) is 0 Å². The summed E-state index contributed by atoms with van der Waals surface area (Å²) in [6, 6.07) is 7.68. The fraction of sp³-hybridized carbons (Fsp3) is 0.263. The summed E-state index contributed by atoms with van der Waals surface area (Å²) in [5.41, 5.74) is -1.48. The van der Waals surface area contributed by atoms with Crippen molar-refractivity contribution in [3.63, 3.8) is 0 Å². The summed E-state index contributed by atoms with van der Waals surface area (Å²) in [6.07, 6.45) is 0. The van der Waals surface area contributed by atoms with E-state index in [1.165, 1.54) is 51.1 Å². The van der Waals surface area contributed by atoms with Crippen molar-refractivity contribution in [3.05, 3.63) is 57.9 Å². The van der Waals surface area contributed by atoms with Crippen molar-refractivity contribution in [3.8, 4) is 5.75 Å². The highest BCUT2D eigenvalue weighted by atomic mass is 19.1. The fourth-order valence-electron chi connectivity index (χ4n) is 2.37. The summed E-state index contributed by atoms with van der Waals surface area (Å²) < 4.78 is 19.2. The molecule has 0 fully saturated rings. The first-order valence-corrected chi connectivity index (χ1v) is 8.48. The average Bonchev–Trinajstić information content (AvgIpc) is 2.61. The van der Waals surface area contributed by atoms with Gasteiger partial charge in [-0.25, -0.2) is 4.39 Å². The SMILES string of the molecule is CC(=O)Nc1ccc(OC[C@](C)(O)C(=O)Nc2ccc([N+](=O)[O-])c(C)c2)cc1F. The van der Waals surface area contributed by atoms with E-state index in [4.69, 9.17) is 4.74 Å². The highest BCUT2D eigenvalue weighted by molar-refractivity contribution is 5.97. The third kappa shape index (κ3) is 5.72. The molecule has 0 unspecified atom stereocenters. The molecule has 0 aromatic heterocycles. The molecule has 154 valence electrons. The van der Waals surface area contributed by atoms with Gasteiger partial charge in [-0.2, -0.15) is 0 Å². The summed E-state index contributed by atoms with van der Waals surface area (Å²) in [5.74, 6) is -1.92. The predicted octanol–water partition coefficient (Wildman–Crippen LogP) is 2.77. The predicted molar refractivity (Wildman–Crippen MR) is 103 cm³/mol. The van der Waals surface area contributed by atoms with Crippen molar-refractivity contribution in [1.29, 1.82) is 0 Å². The topological polar surface area (TPSA) is 131 Å². The van der Waals surface area contributed by atoms with E-state index in [1.54, 1.807) is 0 Å². The minimum Gasteiger partial charge on any atom is -0.490 e. The van der Waals surface area contributed by atoms with Crippen LogP contribution in [0, 0.1) is 22.9 Å². The molecule has 0 saturated carbocycles. The molecular weight excluding hydrogens is 385 g/mol. The molecule has 0 aliphatic rings. The monoisotopic (exact) mass is 405 g/mol. The molecule has 0 aliphatic heterocycles. The molecular formula is C19H20FN3O6. The van der Waals surface area contributed by atoms with Crippen molar-refractivity contribution >= 4 is 28.9 Å². The zero-order chi connectivity index (χ0) is 21.8. The summed E-state index contributed by atoms with van der Waals surface area (Å²) in [6.45, 7) is 3.49. The number of aliphatic hydroxyl groups is 1. The molecule has 0 bridgehead atoms. The van der Waals surface area contributed by atoms with E-state index >= 15 is 0 Å². The van der Waals surface area contributed by atoms with Gasteiger partial charge in [0, 0.05) is 30.3 Å². The zero-order valence-corrected chi connectivity index (χ0v) is 16.0. The van der Waals surface area contributed by atoms with Crippen LogP contribution in [0.25, 0.3) is 0 Å². The van der Waals surface area contributed by atoms with Gasteiger partial charge in [0.15, 0.2) is 5.60 Å². The molecule has 0 spiro atoms. The molecule has 29 heavy (non-hydrogen) atoms. The van der Waals surface area contributed by atoms with Gasteiger partial charge in [-0.1, -0.05) is 0 Å². The molecule has 2 aromatic carbocycles. The third-order valence-corrected chi connectivity index (χ3v) is 3.91. The summed E-state index contributed by atoms with van der Waals surface area (Å²) in [7, 11) is 0. The maximum Gasteiger partial charge on any atom is 0.272 e. The van der Waals surface area contributed by atoms with Crippen LogP contribution in [0.4, 0.5) is 21.5 Å². The van der Waals surface area contributed by atoms with Crippen LogP contribution < -0.4 is 15.4 Å². The average molecular weight is 405 g/mol. The van der Waals surface area contributed by atoms with Gasteiger partial charge in [0.25, 0.3) is 11.6 Å². The molecule has 2 rings (SSSR count). The van der Waals surface area contributed by atoms with Crippen LogP contribution >= 0.6 is 0 Å². The van der Waals surface area contributed by atoms with Gasteiger partial charge in [-0.05, 0) is 38.1 Å². The Morgan fingerprint density at radius 1 is 1.24 bits per heavy atom. The fourth-order valence-corrected chi connectivity index (χ4v) is 2.37. The van der Waals surface area contributed by atoms with E-state index in [0.29, 0.717) is 5.56 Å². The number of nitrogens with one attached hydrogen (secondary N) is 2. The molecule has 1 atom stereocenters. The number of rotatable bonds is 7. The minimum atomic E-state index is -1.97. The Labute approximate surface area is 165 Å². The number of hydrogen-bond donors (Lipinski definition) is 3. The number of nitrogens with zero attached hydrogens (tertiary/aromatic N) is 1. The van der Waals surface area contributed by atoms with Gasteiger partial charge in [0.1, 0.15) is 18.2 Å². The van der Waals surface area contributed by atoms with Crippen LogP contribution in [0.5, 0.6) is 5.75 Å². The van der Waals surface area contributed by atoms with Gasteiger partial charge in [0.2, 0.25) is 5.91 Å². The standard InChI is InChI=1S/C19H20FN3O6/c1-11-8-13(4-7-17(11)23(27)28)22-18(25)19(3,26)10-29-14-5-6-16(15(20)9-14)21-12(2)24/h4-9,26H,10H2,1-3H3,(H,21,24)(H,22,25)/t19-/m0/s1. The van der Waals surface area contributed by atoms with Crippen LogP contribution in [0.1, 0.15) is 19.4 Å². The van der Waals surface area contributed by atoms with Crippen molar-refractivity contribution < 1.29 is 28.7 Å². The van der Waals surface area contributed by atoms with Crippen molar-refractivity contribution in [2.45, 2.75) is 26.4 Å². The first-order valence-electron chi connectivity index (χ1n) is 8.48. The second-order valence-electron chi connectivity index (χ2n) is 6.60. The second kappa shape index (κ2) is 8.65. The van der Waals surface area contributed by atoms with Crippen molar-refractivity contribution in [2.24, 2.45) is 0 Å². The number of nitro groups is 1. The van der Waals surface area contributed by atoms with E-state index in [2.05, 4.69) is 10.6 Å². The summed E-state index contributed by atoms with van der Waals surface area (Å²) in [5, 5.41) is 26.0. The number of amides is 2. The number of anilines is 2. The number of nitro benzene ring substituents is 1. The first-order chi connectivity index (χ1) is 13.5. The lowest BCUT2D eigenvalue weighted by atomic mass is 10.1. The Morgan fingerprint density at radius 2 is 1.93 bits per heavy atom. The van der Waals surface area contributed by atoms with Gasteiger partial charge < -0.3 is 20.5 Å². The Balaban J connectivity index is 2.02. The molecule has 10 heteroatoms. The summed E-state index contributed by atoms with van der Waals surface area (Å²) in [4.78, 5) is 33.6. The largest absolute Gasteiger partial charge is 0.490 e. The van der Waals surface area contributed by atoms with Gasteiger partial charge in [0.05, 0.1) is 10.6 Å². The second-order valence-corrected chi connectivity index (χ2v) is 6.60.